The average molecular weight is 537 g/mol. The first-order valence-electron chi connectivity index (χ1n) is 12.0. The maximum absolute atomic E-state index is 13.6. The summed E-state index contributed by atoms with van der Waals surface area (Å²) in [5, 5.41) is 4.13. The number of nitrogens with zero attached hydrogens (tertiary/aromatic N) is 4. The molecule has 3 aromatic rings. The van der Waals surface area contributed by atoms with Gasteiger partial charge in [0.05, 0.1) is 29.1 Å². The summed E-state index contributed by atoms with van der Waals surface area (Å²) >= 11 is 12.1. The molecular weight excluding hydrogens is 507 g/mol. The van der Waals surface area contributed by atoms with Crippen molar-refractivity contribution < 1.29 is 9.53 Å². The van der Waals surface area contributed by atoms with E-state index in [4.69, 9.17) is 33.7 Å². The number of carbonyl (C=O) groups is 1. The molecule has 10 nitrogen and oxygen atoms in total. The van der Waals surface area contributed by atoms with Gasteiger partial charge < -0.3 is 20.4 Å². The zero-order valence-electron chi connectivity index (χ0n) is 20.3. The van der Waals surface area contributed by atoms with Crippen LogP contribution in [0.3, 0.4) is 0 Å². The van der Waals surface area contributed by atoms with Gasteiger partial charge in [0.25, 0.3) is 5.56 Å². The average Bonchev–Trinajstić information content (AvgIpc) is 3.21. The smallest absolute Gasteiger partial charge is 0.332 e. The Balaban J connectivity index is 1.73. The number of hydrogen-bond acceptors (Lipinski definition) is 7. The summed E-state index contributed by atoms with van der Waals surface area (Å²) in [5.41, 5.74) is 6.12. The Morgan fingerprint density at radius 1 is 1.22 bits per heavy atom. The molecule has 1 aliphatic rings. The molecule has 0 bridgehead atoms. The molecule has 0 saturated heterocycles. The van der Waals surface area contributed by atoms with Crippen LogP contribution in [0.25, 0.3) is 11.2 Å². The van der Waals surface area contributed by atoms with Gasteiger partial charge in [0.15, 0.2) is 11.2 Å². The Morgan fingerprint density at radius 2 is 2.00 bits per heavy atom. The zero-order valence-corrected chi connectivity index (χ0v) is 21.8. The summed E-state index contributed by atoms with van der Waals surface area (Å²) < 4.78 is 9.43. The minimum atomic E-state index is -0.498. The fourth-order valence-electron chi connectivity index (χ4n) is 4.77. The highest BCUT2D eigenvalue weighted by atomic mass is 35.5. The van der Waals surface area contributed by atoms with Crippen molar-refractivity contribution in [2.24, 2.45) is 18.7 Å². The van der Waals surface area contributed by atoms with Crippen LogP contribution in [-0.2, 0) is 29.7 Å². The van der Waals surface area contributed by atoms with Crippen molar-refractivity contribution in [2.45, 2.75) is 51.7 Å². The summed E-state index contributed by atoms with van der Waals surface area (Å²) in [7, 11) is 1.58. The fraction of sp³-hybridized carbons (Fsp3) is 0.500. The number of anilines is 1. The second-order valence-electron chi connectivity index (χ2n) is 8.99. The van der Waals surface area contributed by atoms with Crippen LogP contribution in [0.15, 0.2) is 27.8 Å². The van der Waals surface area contributed by atoms with E-state index in [-0.39, 0.29) is 42.2 Å². The van der Waals surface area contributed by atoms with Crippen molar-refractivity contribution in [3.8, 4) is 0 Å². The molecule has 1 saturated carbocycles. The molecule has 1 fully saturated rings. The molecule has 2 atom stereocenters. The van der Waals surface area contributed by atoms with E-state index in [1.165, 1.54) is 4.57 Å². The first-order valence-corrected chi connectivity index (χ1v) is 12.8. The van der Waals surface area contributed by atoms with E-state index >= 15 is 0 Å². The van der Waals surface area contributed by atoms with E-state index in [0.717, 1.165) is 23.8 Å². The van der Waals surface area contributed by atoms with E-state index in [2.05, 4.69) is 10.3 Å². The van der Waals surface area contributed by atoms with Crippen LogP contribution in [0.4, 0.5) is 5.95 Å². The number of benzene rings is 1. The van der Waals surface area contributed by atoms with Gasteiger partial charge >= 0.3 is 11.7 Å². The number of imidazole rings is 1. The second kappa shape index (κ2) is 11.1. The summed E-state index contributed by atoms with van der Waals surface area (Å²) in [4.78, 5) is 43.6. The van der Waals surface area contributed by atoms with Crippen molar-refractivity contribution in [2.75, 3.05) is 18.5 Å². The van der Waals surface area contributed by atoms with Crippen LogP contribution in [-0.4, -0.2) is 43.8 Å². The van der Waals surface area contributed by atoms with Gasteiger partial charge in [0.1, 0.15) is 0 Å². The number of halogens is 2. The first kappa shape index (κ1) is 26.2. The number of rotatable bonds is 8. The van der Waals surface area contributed by atoms with E-state index in [9.17, 15) is 14.4 Å². The number of nitrogens with two attached hydrogens (primary N) is 1. The fourth-order valence-corrected chi connectivity index (χ4v) is 5.09. The number of ether oxygens (including phenoxy) is 1. The Labute approximate surface area is 218 Å². The Morgan fingerprint density at radius 3 is 2.69 bits per heavy atom. The Hall–Kier alpha value is -2.82. The standard InChI is InChI=1S/C24H30Cl2N6O4/c1-3-36-22(34)15-5-4-6-16(12-15)28-23-29-20-19(31(23)10-9-27)21(33)32(24(35)30(20)2)13-14-7-8-17(25)18(26)11-14/h7-8,11,15-16H,3-6,9-10,12-13,27H2,1-2H3,(H,28,29). The summed E-state index contributed by atoms with van der Waals surface area (Å²) in [6, 6.07) is 4.95. The van der Waals surface area contributed by atoms with Crippen molar-refractivity contribution >= 4 is 46.3 Å². The monoisotopic (exact) mass is 536 g/mol. The third-order valence-corrected chi connectivity index (χ3v) is 7.28. The van der Waals surface area contributed by atoms with E-state index < -0.39 is 11.2 Å². The molecule has 1 aromatic carbocycles. The van der Waals surface area contributed by atoms with Crippen LogP contribution in [0, 0.1) is 5.92 Å². The van der Waals surface area contributed by atoms with Crippen molar-refractivity contribution in [3.63, 3.8) is 0 Å². The van der Waals surface area contributed by atoms with Gasteiger partial charge in [0.2, 0.25) is 5.95 Å². The lowest BCUT2D eigenvalue weighted by Gasteiger charge is -2.28. The SMILES string of the molecule is CCOC(=O)C1CCCC(Nc2nc3c(c(=O)n(Cc4ccc(Cl)c(Cl)c4)c(=O)n3C)n2CCN)C1. The van der Waals surface area contributed by atoms with Gasteiger partial charge in [-0.15, -0.1) is 0 Å². The maximum Gasteiger partial charge on any atom is 0.332 e. The van der Waals surface area contributed by atoms with Crippen LogP contribution < -0.4 is 22.3 Å². The predicted octanol–water partition coefficient (Wildman–Crippen LogP) is 2.74. The number of nitrogens with one attached hydrogen (secondary N) is 1. The van der Waals surface area contributed by atoms with Crippen LogP contribution in [0.1, 0.15) is 38.2 Å². The first-order chi connectivity index (χ1) is 17.2. The van der Waals surface area contributed by atoms with E-state index in [0.29, 0.717) is 41.1 Å². The van der Waals surface area contributed by atoms with E-state index in [1.807, 2.05) is 0 Å². The molecule has 0 amide bonds. The summed E-state index contributed by atoms with van der Waals surface area (Å²) in [6.45, 7) is 2.77. The summed E-state index contributed by atoms with van der Waals surface area (Å²) in [6.07, 6.45) is 3.10. The molecule has 0 aliphatic heterocycles. The van der Waals surface area contributed by atoms with Gasteiger partial charge in [-0.1, -0.05) is 35.7 Å². The second-order valence-corrected chi connectivity index (χ2v) is 9.80. The lowest BCUT2D eigenvalue weighted by Crippen LogP contribution is -2.40. The van der Waals surface area contributed by atoms with Crippen LogP contribution in [0.5, 0.6) is 0 Å². The molecule has 2 heterocycles. The minimum absolute atomic E-state index is 0.0265. The molecule has 2 unspecified atom stereocenters. The third-order valence-electron chi connectivity index (χ3n) is 6.54. The van der Waals surface area contributed by atoms with Crippen LogP contribution in [0.2, 0.25) is 10.0 Å². The molecule has 12 heteroatoms. The highest BCUT2D eigenvalue weighted by Crippen LogP contribution is 2.28. The Kier molecular flexibility index (Phi) is 8.07. The zero-order chi connectivity index (χ0) is 26.0. The molecule has 3 N–H and O–H groups in total. The number of hydrogen-bond donors (Lipinski definition) is 2. The topological polar surface area (TPSA) is 126 Å². The molecular formula is C24H30Cl2N6O4. The van der Waals surface area contributed by atoms with Gasteiger partial charge in [-0.3, -0.25) is 18.7 Å². The molecule has 194 valence electrons. The normalized spacial score (nSPS) is 17.9. The van der Waals surface area contributed by atoms with Gasteiger partial charge in [-0.2, -0.15) is 4.98 Å². The predicted molar refractivity (Wildman–Crippen MR) is 140 cm³/mol. The largest absolute Gasteiger partial charge is 0.466 e. The molecule has 0 spiro atoms. The number of aromatic nitrogens is 4. The van der Waals surface area contributed by atoms with Crippen molar-refractivity contribution in [1.82, 2.24) is 18.7 Å². The number of esters is 1. The number of fused-ring (bicyclic) bond motifs is 1. The van der Waals surface area contributed by atoms with Crippen molar-refractivity contribution in [3.05, 3.63) is 54.6 Å². The Bertz CT molecular complexity index is 1400. The highest BCUT2D eigenvalue weighted by Gasteiger charge is 2.30. The lowest BCUT2D eigenvalue weighted by molar-refractivity contribution is -0.149. The minimum Gasteiger partial charge on any atom is -0.466 e. The van der Waals surface area contributed by atoms with Crippen LogP contribution >= 0.6 is 23.2 Å². The maximum atomic E-state index is 13.6. The van der Waals surface area contributed by atoms with Gasteiger partial charge in [0, 0.05) is 26.2 Å². The summed E-state index contributed by atoms with van der Waals surface area (Å²) in [5.74, 6) is 0.0766. The molecule has 1 aliphatic carbocycles. The van der Waals surface area contributed by atoms with E-state index in [1.54, 1.807) is 36.7 Å². The quantitative estimate of drug-likeness (QED) is 0.423. The molecule has 2 aromatic heterocycles. The molecule has 0 radical (unpaired) electrons. The van der Waals surface area contributed by atoms with Crippen molar-refractivity contribution in [1.29, 1.82) is 0 Å². The molecule has 4 rings (SSSR count). The number of aryl methyl sites for hydroxylation is 1. The lowest BCUT2D eigenvalue weighted by atomic mass is 9.86. The highest BCUT2D eigenvalue weighted by molar-refractivity contribution is 6.42. The molecule has 36 heavy (non-hydrogen) atoms. The van der Waals surface area contributed by atoms with Gasteiger partial charge in [-0.25, -0.2) is 4.79 Å². The number of carbonyl (C=O) groups excluding carboxylic acids is 1. The van der Waals surface area contributed by atoms with Gasteiger partial charge in [-0.05, 0) is 43.9 Å². The third kappa shape index (κ3) is 5.16.